The van der Waals surface area contributed by atoms with Crippen LogP contribution in [0.2, 0.25) is 0 Å². The highest BCUT2D eigenvalue weighted by Crippen LogP contribution is 2.33. The van der Waals surface area contributed by atoms with Crippen molar-refractivity contribution in [2.75, 3.05) is 11.9 Å². The van der Waals surface area contributed by atoms with Crippen LogP contribution < -0.4 is 10.1 Å². The van der Waals surface area contributed by atoms with Crippen LogP contribution in [0.5, 0.6) is 5.75 Å². The zero-order chi connectivity index (χ0) is 16.0. The minimum Gasteiger partial charge on any atom is -0.491 e. The van der Waals surface area contributed by atoms with E-state index >= 15 is 0 Å². The Morgan fingerprint density at radius 2 is 2.14 bits per heavy atom. The van der Waals surface area contributed by atoms with Crippen LogP contribution in [0.1, 0.15) is 30.6 Å². The Morgan fingerprint density at radius 1 is 1.48 bits per heavy atom. The Balaban J connectivity index is 3.46. The second-order valence-electron chi connectivity index (χ2n) is 3.99. The number of benzene rings is 1. The first-order chi connectivity index (χ1) is 9.90. The number of hydrogen-bond acceptors (Lipinski definition) is 6. The number of carbonyl (C=O) groups excluding carboxylic acids is 2. The van der Waals surface area contributed by atoms with Crippen molar-refractivity contribution in [3.05, 3.63) is 27.8 Å². The van der Waals surface area contributed by atoms with E-state index in [9.17, 15) is 19.7 Å². The number of Topliss-reactive ketones (excluding diaryl/α,β-unsaturated/α-hetero) is 1. The number of ether oxygens (including phenoxy) is 1. The molecule has 0 heterocycles. The Hall–Kier alpha value is -2.95. The normalized spacial score (nSPS) is 9.57. The SMILES string of the molecule is CCOc1cc([N+](=O)[O-])c(C(=O)CC#N)cc1NC(C)=O. The van der Waals surface area contributed by atoms with Gasteiger partial charge in [0.2, 0.25) is 5.91 Å². The zero-order valence-corrected chi connectivity index (χ0v) is 11.5. The van der Waals surface area contributed by atoms with E-state index in [1.165, 1.54) is 6.92 Å². The number of amides is 1. The first kappa shape index (κ1) is 16.1. The van der Waals surface area contributed by atoms with Gasteiger partial charge in [0.05, 0.1) is 41.3 Å². The number of nitrogens with zero attached hydrogens (tertiary/aromatic N) is 2. The van der Waals surface area contributed by atoms with Crippen molar-refractivity contribution in [1.29, 1.82) is 5.26 Å². The summed E-state index contributed by atoms with van der Waals surface area (Å²) in [5.41, 5.74) is -0.558. The Morgan fingerprint density at radius 3 is 2.62 bits per heavy atom. The number of hydrogen-bond donors (Lipinski definition) is 1. The van der Waals surface area contributed by atoms with Gasteiger partial charge in [-0.05, 0) is 13.0 Å². The predicted octanol–water partition coefficient (Wildman–Crippen LogP) is 2.05. The molecule has 21 heavy (non-hydrogen) atoms. The van der Waals surface area contributed by atoms with Crippen LogP contribution in [0.15, 0.2) is 12.1 Å². The number of nitrogens with one attached hydrogen (secondary N) is 1. The third-order valence-electron chi connectivity index (χ3n) is 2.45. The first-order valence-electron chi connectivity index (χ1n) is 6.03. The largest absolute Gasteiger partial charge is 0.491 e. The maximum atomic E-state index is 11.8. The minimum absolute atomic E-state index is 0.0907. The summed E-state index contributed by atoms with van der Waals surface area (Å²) in [6, 6.07) is 3.87. The molecule has 0 saturated carbocycles. The second kappa shape index (κ2) is 7.00. The molecule has 1 rings (SSSR count). The van der Waals surface area contributed by atoms with Crippen molar-refractivity contribution in [3.63, 3.8) is 0 Å². The molecule has 1 amide bonds. The second-order valence-corrected chi connectivity index (χ2v) is 3.99. The van der Waals surface area contributed by atoms with E-state index in [4.69, 9.17) is 10.00 Å². The average Bonchev–Trinajstić information content (AvgIpc) is 2.39. The lowest BCUT2D eigenvalue weighted by atomic mass is 10.0. The molecule has 8 heteroatoms. The standard InChI is InChI=1S/C13H13N3O5/c1-3-21-13-7-11(16(19)20)9(12(18)4-5-14)6-10(13)15-8(2)17/h6-7H,3-4H2,1-2H3,(H,15,17). The Kier molecular flexibility index (Phi) is 5.37. The Bertz CT molecular complexity index is 633. The van der Waals surface area contributed by atoms with Gasteiger partial charge in [0, 0.05) is 6.92 Å². The zero-order valence-electron chi connectivity index (χ0n) is 11.5. The van der Waals surface area contributed by atoms with Crippen LogP contribution in [-0.2, 0) is 4.79 Å². The molecule has 1 N–H and O–H groups in total. The molecule has 0 atom stereocenters. The van der Waals surface area contributed by atoms with Gasteiger partial charge in [-0.3, -0.25) is 19.7 Å². The summed E-state index contributed by atoms with van der Waals surface area (Å²) in [6.45, 7) is 3.17. The first-order valence-corrected chi connectivity index (χ1v) is 6.03. The quantitative estimate of drug-likeness (QED) is 0.486. The molecule has 0 aliphatic heterocycles. The summed E-state index contributed by atoms with van der Waals surface area (Å²) < 4.78 is 5.23. The van der Waals surface area contributed by atoms with Gasteiger partial charge in [0.25, 0.3) is 5.69 Å². The van der Waals surface area contributed by atoms with Gasteiger partial charge in [-0.25, -0.2) is 0 Å². The maximum Gasteiger partial charge on any atom is 0.284 e. The molecule has 1 aromatic carbocycles. The minimum atomic E-state index is -0.731. The molecule has 0 fully saturated rings. The van der Waals surface area contributed by atoms with E-state index in [2.05, 4.69) is 5.32 Å². The number of nitro benzene ring substituents is 1. The fourth-order valence-electron chi connectivity index (χ4n) is 1.67. The van der Waals surface area contributed by atoms with E-state index in [1.807, 2.05) is 0 Å². The van der Waals surface area contributed by atoms with Crippen LogP contribution in [-0.4, -0.2) is 23.2 Å². The monoisotopic (exact) mass is 291 g/mol. The number of rotatable bonds is 6. The van der Waals surface area contributed by atoms with Gasteiger partial charge in [0.1, 0.15) is 5.75 Å². The van der Waals surface area contributed by atoms with Gasteiger partial charge in [0.15, 0.2) is 5.78 Å². The average molecular weight is 291 g/mol. The molecule has 8 nitrogen and oxygen atoms in total. The van der Waals surface area contributed by atoms with Crippen LogP contribution in [0.25, 0.3) is 0 Å². The van der Waals surface area contributed by atoms with E-state index in [-0.39, 0.29) is 23.6 Å². The van der Waals surface area contributed by atoms with E-state index in [1.54, 1.807) is 13.0 Å². The lowest BCUT2D eigenvalue weighted by Gasteiger charge is -2.12. The highest BCUT2D eigenvalue weighted by atomic mass is 16.6. The molecule has 0 aliphatic carbocycles. The topological polar surface area (TPSA) is 122 Å². The lowest BCUT2D eigenvalue weighted by Crippen LogP contribution is -2.11. The molecule has 0 bridgehead atoms. The number of carbonyl (C=O) groups is 2. The third kappa shape index (κ3) is 4.01. The van der Waals surface area contributed by atoms with Crippen molar-refractivity contribution in [2.45, 2.75) is 20.3 Å². The van der Waals surface area contributed by atoms with Crippen molar-refractivity contribution < 1.29 is 19.2 Å². The highest BCUT2D eigenvalue weighted by Gasteiger charge is 2.24. The van der Waals surface area contributed by atoms with Crippen LogP contribution in [0.4, 0.5) is 11.4 Å². The van der Waals surface area contributed by atoms with Crippen LogP contribution in [0, 0.1) is 21.4 Å². The van der Waals surface area contributed by atoms with Crippen molar-refractivity contribution >= 4 is 23.1 Å². The van der Waals surface area contributed by atoms with Crippen LogP contribution in [0.3, 0.4) is 0 Å². The molecule has 0 spiro atoms. The smallest absolute Gasteiger partial charge is 0.284 e. The van der Waals surface area contributed by atoms with E-state index in [0.717, 1.165) is 12.1 Å². The number of anilines is 1. The van der Waals surface area contributed by atoms with Crippen molar-refractivity contribution in [3.8, 4) is 11.8 Å². The van der Waals surface area contributed by atoms with Gasteiger partial charge in [-0.1, -0.05) is 0 Å². The molecule has 0 unspecified atom stereocenters. The fourth-order valence-corrected chi connectivity index (χ4v) is 1.67. The molecular formula is C13H13N3O5. The van der Waals surface area contributed by atoms with Gasteiger partial charge >= 0.3 is 0 Å². The van der Waals surface area contributed by atoms with Gasteiger partial charge in [-0.15, -0.1) is 0 Å². The summed E-state index contributed by atoms with van der Waals surface area (Å²) in [4.78, 5) is 33.3. The van der Waals surface area contributed by atoms with E-state index < -0.39 is 28.7 Å². The summed E-state index contributed by atoms with van der Waals surface area (Å²) in [5.74, 6) is -1.02. The Labute approximate surface area is 120 Å². The third-order valence-corrected chi connectivity index (χ3v) is 2.45. The molecule has 0 aliphatic rings. The molecule has 0 aromatic heterocycles. The highest BCUT2D eigenvalue weighted by molar-refractivity contribution is 6.03. The maximum absolute atomic E-state index is 11.8. The fraction of sp³-hybridized carbons (Fsp3) is 0.308. The van der Waals surface area contributed by atoms with Crippen LogP contribution >= 0.6 is 0 Å². The summed E-state index contributed by atoms with van der Waals surface area (Å²) in [5, 5.41) is 22.0. The molecule has 0 radical (unpaired) electrons. The number of nitriles is 1. The number of ketones is 1. The van der Waals surface area contributed by atoms with Crippen molar-refractivity contribution in [1.82, 2.24) is 0 Å². The lowest BCUT2D eigenvalue weighted by molar-refractivity contribution is -0.385. The molecular weight excluding hydrogens is 278 g/mol. The molecule has 1 aromatic rings. The summed E-state index contributed by atoms with van der Waals surface area (Å²) in [6.07, 6.45) is -0.492. The predicted molar refractivity (Wildman–Crippen MR) is 73.1 cm³/mol. The van der Waals surface area contributed by atoms with Crippen molar-refractivity contribution in [2.24, 2.45) is 0 Å². The van der Waals surface area contributed by atoms with Gasteiger partial charge in [-0.2, -0.15) is 5.26 Å². The number of nitro groups is 1. The summed E-state index contributed by atoms with van der Waals surface area (Å²) >= 11 is 0. The molecule has 110 valence electrons. The summed E-state index contributed by atoms with van der Waals surface area (Å²) in [7, 11) is 0. The van der Waals surface area contributed by atoms with E-state index in [0.29, 0.717) is 0 Å². The molecule has 0 saturated heterocycles. The van der Waals surface area contributed by atoms with Gasteiger partial charge < -0.3 is 10.1 Å².